The number of hydrogen-bond donors (Lipinski definition) is 3. The molecule has 0 aromatic carbocycles. The molecule has 0 saturated heterocycles. The van der Waals surface area contributed by atoms with Gasteiger partial charge in [0.1, 0.15) is 0 Å². The molecule has 0 bridgehead atoms. The number of carbonyl (C=O) groups is 2. The molecule has 5 heteroatoms. The summed E-state index contributed by atoms with van der Waals surface area (Å²) < 4.78 is 0. The van der Waals surface area contributed by atoms with Crippen LogP contribution in [0, 0.1) is 5.41 Å². The van der Waals surface area contributed by atoms with E-state index in [9.17, 15) is 9.59 Å². The minimum Gasteiger partial charge on any atom is -0.481 e. The van der Waals surface area contributed by atoms with Crippen molar-refractivity contribution in [1.29, 1.82) is 0 Å². The molecule has 0 aliphatic rings. The van der Waals surface area contributed by atoms with Crippen LogP contribution in [0.4, 0.5) is 0 Å². The van der Waals surface area contributed by atoms with Crippen LogP contribution in [-0.2, 0) is 9.59 Å². The van der Waals surface area contributed by atoms with Gasteiger partial charge in [-0.3, -0.25) is 9.59 Å². The number of rotatable bonds is 4. The fourth-order valence-electron chi connectivity index (χ4n) is 1.05. The van der Waals surface area contributed by atoms with Crippen molar-refractivity contribution in [3.63, 3.8) is 0 Å². The smallest absolute Gasteiger partial charge is 0.305 e. The van der Waals surface area contributed by atoms with E-state index in [1.807, 2.05) is 20.8 Å². The largest absolute Gasteiger partial charge is 0.481 e. The van der Waals surface area contributed by atoms with E-state index in [-0.39, 0.29) is 17.7 Å². The molecule has 4 N–H and O–H groups in total. The molecule has 5 nitrogen and oxygen atoms in total. The van der Waals surface area contributed by atoms with Crippen LogP contribution in [0.5, 0.6) is 0 Å². The Morgan fingerprint density at radius 1 is 1.40 bits per heavy atom. The van der Waals surface area contributed by atoms with Crippen molar-refractivity contribution in [2.75, 3.05) is 0 Å². The number of amides is 1. The Hall–Kier alpha value is -1.10. The molecule has 0 fully saturated rings. The van der Waals surface area contributed by atoms with Crippen LogP contribution in [-0.4, -0.2) is 29.1 Å². The molecule has 88 valence electrons. The van der Waals surface area contributed by atoms with Gasteiger partial charge < -0.3 is 16.2 Å². The first-order chi connectivity index (χ1) is 6.64. The molecular formula is C10H20N2O3. The van der Waals surface area contributed by atoms with E-state index in [0.29, 0.717) is 0 Å². The second kappa shape index (κ2) is 5.11. The monoisotopic (exact) mass is 216 g/mol. The average Bonchev–Trinajstić information content (AvgIpc) is 2.00. The number of nitrogens with two attached hydrogens (primary N) is 1. The number of hydrogen-bond acceptors (Lipinski definition) is 3. The third kappa shape index (κ3) is 5.37. The minimum absolute atomic E-state index is 0.0953. The molecule has 0 aromatic rings. The summed E-state index contributed by atoms with van der Waals surface area (Å²) in [6.07, 6.45) is -0.0953. The lowest BCUT2D eigenvalue weighted by Gasteiger charge is -2.30. The molecule has 0 rings (SSSR count). The Morgan fingerprint density at radius 2 is 1.87 bits per heavy atom. The zero-order valence-corrected chi connectivity index (χ0v) is 9.70. The van der Waals surface area contributed by atoms with Gasteiger partial charge >= 0.3 is 5.97 Å². The summed E-state index contributed by atoms with van der Waals surface area (Å²) in [7, 11) is 0. The number of nitrogens with one attached hydrogen (secondary N) is 1. The highest BCUT2D eigenvalue weighted by atomic mass is 16.4. The minimum atomic E-state index is -0.931. The third-order valence-corrected chi connectivity index (χ3v) is 2.15. The van der Waals surface area contributed by atoms with E-state index in [2.05, 4.69) is 5.32 Å². The van der Waals surface area contributed by atoms with E-state index in [0.717, 1.165) is 0 Å². The van der Waals surface area contributed by atoms with Crippen molar-refractivity contribution in [3.05, 3.63) is 0 Å². The summed E-state index contributed by atoms with van der Waals surface area (Å²) in [6, 6.07) is -1.03. The fourth-order valence-corrected chi connectivity index (χ4v) is 1.05. The van der Waals surface area contributed by atoms with Crippen molar-refractivity contribution >= 4 is 11.9 Å². The van der Waals surface area contributed by atoms with Crippen molar-refractivity contribution < 1.29 is 14.7 Å². The molecule has 0 radical (unpaired) electrons. The van der Waals surface area contributed by atoms with Gasteiger partial charge in [0.15, 0.2) is 0 Å². The summed E-state index contributed by atoms with van der Waals surface area (Å²) >= 11 is 0. The van der Waals surface area contributed by atoms with E-state index in [4.69, 9.17) is 10.8 Å². The van der Waals surface area contributed by atoms with Gasteiger partial charge in [-0.15, -0.1) is 0 Å². The van der Waals surface area contributed by atoms with Crippen LogP contribution in [0.2, 0.25) is 0 Å². The molecule has 2 atom stereocenters. The molecule has 2 unspecified atom stereocenters. The van der Waals surface area contributed by atoms with Crippen molar-refractivity contribution in [3.8, 4) is 0 Å². The highest BCUT2D eigenvalue weighted by molar-refractivity contribution is 5.82. The lowest BCUT2D eigenvalue weighted by atomic mass is 9.84. The predicted octanol–water partition coefficient (Wildman–Crippen LogP) is 0.339. The highest BCUT2D eigenvalue weighted by Crippen LogP contribution is 2.21. The maximum Gasteiger partial charge on any atom is 0.305 e. The number of aliphatic carboxylic acids is 1. The Balaban J connectivity index is 4.52. The molecular weight excluding hydrogens is 196 g/mol. The topological polar surface area (TPSA) is 92.4 Å². The second-order valence-corrected chi connectivity index (χ2v) is 4.81. The van der Waals surface area contributed by atoms with Crippen LogP contribution < -0.4 is 11.1 Å². The van der Waals surface area contributed by atoms with Gasteiger partial charge in [0, 0.05) is 6.04 Å². The normalized spacial score (nSPS) is 15.5. The Bertz CT molecular complexity index is 244. The van der Waals surface area contributed by atoms with Crippen LogP contribution in [0.1, 0.15) is 34.1 Å². The highest BCUT2D eigenvalue weighted by Gasteiger charge is 2.28. The lowest BCUT2D eigenvalue weighted by molar-refractivity contribution is -0.138. The van der Waals surface area contributed by atoms with Crippen molar-refractivity contribution in [2.45, 2.75) is 46.2 Å². The van der Waals surface area contributed by atoms with Gasteiger partial charge in [-0.2, -0.15) is 0 Å². The summed E-state index contributed by atoms with van der Waals surface area (Å²) in [5, 5.41) is 11.4. The van der Waals surface area contributed by atoms with Crippen LogP contribution in [0.3, 0.4) is 0 Å². The quantitative estimate of drug-likeness (QED) is 0.631. The van der Waals surface area contributed by atoms with Gasteiger partial charge in [-0.25, -0.2) is 0 Å². The molecule has 15 heavy (non-hydrogen) atoms. The van der Waals surface area contributed by atoms with E-state index >= 15 is 0 Å². The molecule has 0 aliphatic carbocycles. The molecule has 0 aliphatic heterocycles. The average molecular weight is 216 g/mol. The van der Waals surface area contributed by atoms with Gasteiger partial charge in [0.2, 0.25) is 5.91 Å². The van der Waals surface area contributed by atoms with Gasteiger partial charge in [0.05, 0.1) is 12.5 Å². The number of carboxylic acid groups (broad SMARTS) is 1. The zero-order valence-electron chi connectivity index (χ0n) is 9.70. The van der Waals surface area contributed by atoms with Gasteiger partial charge in [-0.05, 0) is 12.3 Å². The Labute approximate surface area is 90.0 Å². The molecule has 0 aromatic heterocycles. The third-order valence-electron chi connectivity index (χ3n) is 2.15. The van der Waals surface area contributed by atoms with Gasteiger partial charge in [0.25, 0.3) is 0 Å². The lowest BCUT2D eigenvalue weighted by Crippen LogP contribution is -2.49. The van der Waals surface area contributed by atoms with E-state index < -0.39 is 18.1 Å². The van der Waals surface area contributed by atoms with Crippen LogP contribution in [0.25, 0.3) is 0 Å². The first-order valence-corrected chi connectivity index (χ1v) is 4.92. The first kappa shape index (κ1) is 13.9. The molecule has 0 heterocycles. The summed E-state index contributed by atoms with van der Waals surface area (Å²) in [6.45, 7) is 7.20. The first-order valence-electron chi connectivity index (χ1n) is 4.92. The van der Waals surface area contributed by atoms with Crippen molar-refractivity contribution in [2.24, 2.45) is 11.1 Å². The van der Waals surface area contributed by atoms with E-state index in [1.165, 1.54) is 0 Å². The Kier molecular flexibility index (Phi) is 4.74. The fraction of sp³-hybridized carbons (Fsp3) is 0.800. The maximum atomic E-state index is 11.4. The van der Waals surface area contributed by atoms with Crippen LogP contribution in [0.15, 0.2) is 0 Å². The molecule has 0 spiro atoms. The molecule has 0 saturated carbocycles. The standard InChI is InChI=1S/C10H20N2O3/c1-6(11)9(15)12-7(5-8(13)14)10(2,3)4/h6-7H,5,11H2,1-4H3,(H,12,15)(H,13,14). The number of carboxylic acids is 1. The SMILES string of the molecule is CC(N)C(=O)NC(CC(=O)O)C(C)(C)C. The van der Waals surface area contributed by atoms with E-state index in [1.54, 1.807) is 6.92 Å². The molecule has 1 amide bonds. The van der Waals surface area contributed by atoms with Gasteiger partial charge in [-0.1, -0.05) is 20.8 Å². The Morgan fingerprint density at radius 3 is 2.13 bits per heavy atom. The van der Waals surface area contributed by atoms with Crippen molar-refractivity contribution in [1.82, 2.24) is 5.32 Å². The maximum absolute atomic E-state index is 11.4. The second-order valence-electron chi connectivity index (χ2n) is 4.81. The van der Waals surface area contributed by atoms with Crippen LogP contribution >= 0.6 is 0 Å². The summed E-state index contributed by atoms with van der Waals surface area (Å²) in [5.41, 5.74) is 5.10. The number of carbonyl (C=O) groups excluding carboxylic acids is 1. The predicted molar refractivity (Wildman–Crippen MR) is 57.3 cm³/mol. The zero-order chi connectivity index (χ0) is 12.2. The summed E-state index contributed by atoms with van der Waals surface area (Å²) in [5.74, 6) is -1.25. The summed E-state index contributed by atoms with van der Waals surface area (Å²) in [4.78, 5) is 22.0.